The summed E-state index contributed by atoms with van der Waals surface area (Å²) >= 11 is 0. The second-order valence-electron chi connectivity index (χ2n) is 9.59. The van der Waals surface area contributed by atoms with Gasteiger partial charge in [-0.2, -0.15) is 0 Å². The molecule has 0 spiro atoms. The number of anilines is 2. The molecule has 186 valence electrons. The van der Waals surface area contributed by atoms with Crippen LogP contribution in [0.25, 0.3) is 11.3 Å². The molecule has 0 amide bonds. The third-order valence-corrected chi connectivity index (χ3v) is 7.10. The highest BCUT2D eigenvalue weighted by molar-refractivity contribution is 5.75. The first-order chi connectivity index (χ1) is 17.1. The monoisotopic (exact) mass is 475 g/mol. The van der Waals surface area contributed by atoms with Gasteiger partial charge in [0.1, 0.15) is 11.4 Å². The van der Waals surface area contributed by atoms with Crippen molar-refractivity contribution in [1.82, 2.24) is 14.5 Å². The zero-order valence-electron chi connectivity index (χ0n) is 20.9. The lowest BCUT2D eigenvalue weighted by Gasteiger charge is -2.24. The maximum Gasteiger partial charge on any atom is 0.278 e. The van der Waals surface area contributed by atoms with Crippen molar-refractivity contribution in [2.24, 2.45) is 13.0 Å². The molecule has 4 rings (SSSR count). The quantitative estimate of drug-likeness (QED) is 0.412. The Morgan fingerprint density at radius 3 is 2.51 bits per heavy atom. The molecule has 1 aliphatic carbocycles. The van der Waals surface area contributed by atoms with Gasteiger partial charge in [-0.05, 0) is 42.0 Å². The summed E-state index contributed by atoms with van der Waals surface area (Å²) in [5.41, 5.74) is 3.73. The van der Waals surface area contributed by atoms with E-state index >= 15 is 0 Å². The average Bonchev–Trinajstić information content (AvgIpc) is 2.90. The lowest BCUT2D eigenvalue weighted by atomic mass is 9.86. The Morgan fingerprint density at radius 1 is 1.09 bits per heavy atom. The van der Waals surface area contributed by atoms with Crippen LogP contribution >= 0.6 is 0 Å². The van der Waals surface area contributed by atoms with Gasteiger partial charge in [-0.15, -0.1) is 0 Å². The van der Waals surface area contributed by atoms with Crippen LogP contribution in [0, 0.1) is 5.92 Å². The molecule has 2 aromatic heterocycles. The van der Waals surface area contributed by atoms with Gasteiger partial charge in [0, 0.05) is 45.1 Å². The molecule has 1 aliphatic rings. The molecule has 0 bridgehead atoms. The Bertz CT molecular complexity index is 1160. The van der Waals surface area contributed by atoms with Gasteiger partial charge in [0.15, 0.2) is 0 Å². The molecular weight excluding hydrogens is 438 g/mol. The summed E-state index contributed by atoms with van der Waals surface area (Å²) in [6.07, 6.45) is 12.5. The molecule has 2 heterocycles. The molecule has 0 atom stereocenters. The van der Waals surface area contributed by atoms with E-state index in [1.54, 1.807) is 24.0 Å². The van der Waals surface area contributed by atoms with Crippen LogP contribution in [0.3, 0.4) is 0 Å². The molecule has 2 N–H and O–H groups in total. The van der Waals surface area contributed by atoms with Gasteiger partial charge < -0.3 is 15.3 Å². The zero-order valence-corrected chi connectivity index (χ0v) is 20.9. The highest BCUT2D eigenvalue weighted by Crippen LogP contribution is 2.29. The maximum atomic E-state index is 13.6. The average molecular weight is 476 g/mol. The van der Waals surface area contributed by atoms with Gasteiger partial charge in [-0.1, -0.05) is 56.4 Å². The molecule has 1 saturated carbocycles. The van der Waals surface area contributed by atoms with Crippen LogP contribution in [-0.2, 0) is 20.2 Å². The number of rotatable bonds is 10. The summed E-state index contributed by atoms with van der Waals surface area (Å²) in [5, 5.41) is 13.2. The van der Waals surface area contributed by atoms with Crippen LogP contribution in [0.1, 0.15) is 56.1 Å². The van der Waals surface area contributed by atoms with E-state index in [9.17, 15) is 9.90 Å². The Morgan fingerprint density at radius 2 is 1.80 bits per heavy atom. The van der Waals surface area contributed by atoms with Gasteiger partial charge in [-0.3, -0.25) is 14.3 Å². The fraction of sp³-hybridized carbons (Fsp3) is 0.464. The van der Waals surface area contributed by atoms with Crippen molar-refractivity contribution >= 4 is 11.6 Å². The van der Waals surface area contributed by atoms with Gasteiger partial charge in [0.2, 0.25) is 5.95 Å². The largest absolute Gasteiger partial charge is 0.392 e. The van der Waals surface area contributed by atoms with E-state index in [0.717, 1.165) is 35.6 Å². The van der Waals surface area contributed by atoms with E-state index in [1.807, 2.05) is 48.3 Å². The number of pyridine rings is 1. The number of aliphatic hydroxyl groups is 1. The molecule has 0 aliphatic heterocycles. The summed E-state index contributed by atoms with van der Waals surface area (Å²) in [6, 6.07) is 11.5. The van der Waals surface area contributed by atoms with Crippen LogP contribution in [0.15, 0.2) is 53.6 Å². The lowest BCUT2D eigenvalue weighted by molar-refractivity contribution is 0.280. The SMILES string of the molecule is CN(Cc1ccccc1CO)c1c(-c2ccncc2)nc(NCCCC2CCCCC2)n(C)c1=O. The summed E-state index contributed by atoms with van der Waals surface area (Å²) in [4.78, 5) is 24.6. The minimum absolute atomic E-state index is 0.0405. The van der Waals surface area contributed by atoms with Crippen LogP contribution in [0.2, 0.25) is 0 Å². The molecule has 7 nitrogen and oxygen atoms in total. The Hall–Kier alpha value is -3.19. The van der Waals surface area contributed by atoms with E-state index in [0.29, 0.717) is 23.9 Å². The number of aromatic nitrogens is 3. The van der Waals surface area contributed by atoms with Crippen LogP contribution < -0.4 is 15.8 Å². The van der Waals surface area contributed by atoms with E-state index in [-0.39, 0.29) is 12.2 Å². The van der Waals surface area contributed by atoms with E-state index < -0.39 is 0 Å². The molecule has 0 radical (unpaired) electrons. The van der Waals surface area contributed by atoms with Crippen molar-refractivity contribution in [3.05, 3.63) is 70.3 Å². The molecule has 1 fully saturated rings. The Kier molecular flexibility index (Phi) is 8.53. The van der Waals surface area contributed by atoms with Gasteiger partial charge in [0.05, 0.1) is 6.61 Å². The van der Waals surface area contributed by atoms with Crippen LogP contribution in [-0.4, -0.2) is 33.2 Å². The van der Waals surface area contributed by atoms with Gasteiger partial charge in [0.25, 0.3) is 5.56 Å². The summed E-state index contributed by atoms with van der Waals surface area (Å²) in [7, 11) is 3.67. The number of benzene rings is 1. The Labute approximate surface area is 207 Å². The van der Waals surface area contributed by atoms with Crippen LogP contribution in [0.4, 0.5) is 11.6 Å². The van der Waals surface area contributed by atoms with Crippen molar-refractivity contribution in [2.75, 3.05) is 23.8 Å². The second-order valence-corrected chi connectivity index (χ2v) is 9.59. The van der Waals surface area contributed by atoms with Crippen molar-refractivity contribution in [2.45, 2.75) is 58.1 Å². The predicted molar refractivity (Wildman–Crippen MR) is 141 cm³/mol. The van der Waals surface area contributed by atoms with Crippen LogP contribution in [0.5, 0.6) is 0 Å². The topological polar surface area (TPSA) is 83.3 Å². The first-order valence-electron chi connectivity index (χ1n) is 12.7. The summed E-state index contributed by atoms with van der Waals surface area (Å²) in [5.74, 6) is 1.42. The summed E-state index contributed by atoms with van der Waals surface area (Å²) in [6.45, 7) is 1.24. The van der Waals surface area contributed by atoms with Gasteiger partial charge >= 0.3 is 0 Å². The van der Waals surface area contributed by atoms with Crippen molar-refractivity contribution in [3.63, 3.8) is 0 Å². The fourth-order valence-corrected chi connectivity index (χ4v) is 5.07. The molecule has 3 aromatic rings. The number of aliphatic hydroxyl groups excluding tert-OH is 1. The molecule has 1 aromatic carbocycles. The van der Waals surface area contributed by atoms with Crippen molar-refractivity contribution in [1.29, 1.82) is 0 Å². The summed E-state index contributed by atoms with van der Waals surface area (Å²) < 4.78 is 1.61. The molecule has 0 unspecified atom stereocenters. The first-order valence-corrected chi connectivity index (χ1v) is 12.7. The van der Waals surface area contributed by atoms with Crippen molar-refractivity contribution in [3.8, 4) is 11.3 Å². The second kappa shape index (κ2) is 12.0. The highest BCUT2D eigenvalue weighted by atomic mass is 16.3. The minimum Gasteiger partial charge on any atom is -0.392 e. The fourth-order valence-electron chi connectivity index (χ4n) is 5.07. The number of nitrogens with zero attached hydrogens (tertiary/aromatic N) is 4. The maximum absolute atomic E-state index is 13.6. The smallest absolute Gasteiger partial charge is 0.278 e. The number of hydrogen-bond donors (Lipinski definition) is 2. The third-order valence-electron chi connectivity index (χ3n) is 7.10. The molecule has 7 heteroatoms. The number of hydrogen-bond acceptors (Lipinski definition) is 6. The molecular formula is C28H37N5O2. The highest BCUT2D eigenvalue weighted by Gasteiger charge is 2.21. The Balaban J connectivity index is 1.59. The minimum atomic E-state index is -0.106. The lowest BCUT2D eigenvalue weighted by Crippen LogP contribution is -2.31. The predicted octanol–water partition coefficient (Wildman–Crippen LogP) is 4.74. The standard InChI is InChI=1S/C28H37N5O2/c1-32(19-23-12-6-7-13-24(23)20-34)26-25(22-14-17-29-18-15-22)31-28(33(2)27(26)35)30-16-8-11-21-9-4-3-5-10-21/h6-7,12-15,17-18,21,34H,3-5,8-11,16,19-20H2,1-2H3,(H,30,31). The third kappa shape index (κ3) is 6.09. The molecule has 0 saturated heterocycles. The van der Waals surface area contributed by atoms with Crippen molar-refractivity contribution < 1.29 is 5.11 Å². The van der Waals surface area contributed by atoms with Gasteiger partial charge in [-0.25, -0.2) is 4.98 Å². The van der Waals surface area contributed by atoms with E-state index in [4.69, 9.17) is 4.98 Å². The van der Waals surface area contributed by atoms with E-state index in [1.165, 1.54) is 38.5 Å². The van der Waals surface area contributed by atoms with E-state index in [2.05, 4.69) is 10.3 Å². The normalized spacial score (nSPS) is 14.1. The molecule has 35 heavy (non-hydrogen) atoms. The number of nitrogens with one attached hydrogen (secondary N) is 1. The first kappa shape index (κ1) is 24.9. The zero-order chi connectivity index (χ0) is 24.6.